The number of piperidine rings is 1. The van der Waals surface area contributed by atoms with E-state index in [0.29, 0.717) is 29.7 Å². The fourth-order valence-corrected chi connectivity index (χ4v) is 5.38. The molecular weight excluding hydrogens is 396 g/mol. The van der Waals surface area contributed by atoms with Crippen LogP contribution in [0.3, 0.4) is 0 Å². The van der Waals surface area contributed by atoms with Crippen molar-refractivity contribution in [3.8, 4) is 10.4 Å². The van der Waals surface area contributed by atoms with Crippen LogP contribution in [0.2, 0.25) is 0 Å². The van der Waals surface area contributed by atoms with Crippen LogP contribution in [0.5, 0.6) is 0 Å². The summed E-state index contributed by atoms with van der Waals surface area (Å²) in [7, 11) is 0. The zero-order chi connectivity index (χ0) is 19.8. The molecule has 1 aliphatic rings. The highest BCUT2D eigenvalue weighted by atomic mass is 32.1. The SMILES string of the molecule is Cc1ccc(-c2csc3ncn(CC(=O)N4CCCC(C(N)=O)C4)c(=O)c23)s1. The van der Waals surface area contributed by atoms with Crippen molar-refractivity contribution in [2.24, 2.45) is 11.7 Å². The largest absolute Gasteiger partial charge is 0.369 e. The van der Waals surface area contributed by atoms with E-state index in [1.165, 1.54) is 27.1 Å². The Morgan fingerprint density at radius 2 is 2.18 bits per heavy atom. The average Bonchev–Trinajstić information content (AvgIpc) is 3.30. The maximum absolute atomic E-state index is 13.1. The highest BCUT2D eigenvalue weighted by Gasteiger charge is 2.27. The number of aryl methyl sites for hydroxylation is 1. The number of primary amides is 1. The Balaban J connectivity index is 1.62. The Labute approximate surface area is 169 Å². The van der Waals surface area contributed by atoms with E-state index in [-0.39, 0.29) is 29.8 Å². The molecule has 0 bridgehead atoms. The fourth-order valence-electron chi connectivity index (χ4n) is 3.52. The molecule has 1 unspecified atom stereocenters. The predicted molar refractivity (Wildman–Crippen MR) is 110 cm³/mol. The molecule has 3 aromatic rings. The topological polar surface area (TPSA) is 98.3 Å². The summed E-state index contributed by atoms with van der Waals surface area (Å²) in [5.74, 6) is -0.898. The number of hydrogen-bond donors (Lipinski definition) is 1. The van der Waals surface area contributed by atoms with Crippen LogP contribution in [0.1, 0.15) is 17.7 Å². The summed E-state index contributed by atoms with van der Waals surface area (Å²) in [6.45, 7) is 2.82. The minimum atomic E-state index is -0.382. The lowest BCUT2D eigenvalue weighted by atomic mass is 9.97. The van der Waals surface area contributed by atoms with Gasteiger partial charge in [-0.05, 0) is 31.9 Å². The second-order valence-corrected chi connectivity index (χ2v) is 9.14. The van der Waals surface area contributed by atoms with Crippen molar-refractivity contribution in [1.82, 2.24) is 14.5 Å². The van der Waals surface area contributed by atoms with Crippen LogP contribution in [-0.2, 0) is 16.1 Å². The van der Waals surface area contributed by atoms with Crippen molar-refractivity contribution in [2.75, 3.05) is 13.1 Å². The number of nitrogens with two attached hydrogens (primary N) is 1. The van der Waals surface area contributed by atoms with Gasteiger partial charge in [-0.1, -0.05) is 0 Å². The first-order valence-electron chi connectivity index (χ1n) is 9.04. The number of aromatic nitrogens is 2. The summed E-state index contributed by atoms with van der Waals surface area (Å²) in [5.41, 5.74) is 6.04. The van der Waals surface area contributed by atoms with Crippen LogP contribution < -0.4 is 11.3 Å². The molecule has 146 valence electrons. The van der Waals surface area contributed by atoms with Gasteiger partial charge in [0.2, 0.25) is 11.8 Å². The first-order chi connectivity index (χ1) is 13.4. The van der Waals surface area contributed by atoms with Crippen molar-refractivity contribution in [1.29, 1.82) is 0 Å². The third kappa shape index (κ3) is 3.47. The fraction of sp³-hybridized carbons (Fsp3) is 0.368. The third-order valence-corrected chi connectivity index (χ3v) is 6.97. The van der Waals surface area contributed by atoms with Gasteiger partial charge in [-0.25, -0.2) is 4.98 Å². The molecule has 0 aliphatic carbocycles. The quantitative estimate of drug-likeness (QED) is 0.705. The summed E-state index contributed by atoms with van der Waals surface area (Å²) >= 11 is 3.05. The van der Waals surface area contributed by atoms with Crippen molar-refractivity contribution in [3.05, 3.63) is 39.1 Å². The van der Waals surface area contributed by atoms with E-state index in [1.54, 1.807) is 16.2 Å². The van der Waals surface area contributed by atoms with E-state index in [0.717, 1.165) is 16.9 Å². The predicted octanol–water partition coefficient (Wildman–Crippen LogP) is 2.22. The second-order valence-electron chi connectivity index (χ2n) is 7.00. The number of carbonyl (C=O) groups is 2. The van der Waals surface area contributed by atoms with E-state index in [1.807, 2.05) is 24.4 Å². The van der Waals surface area contributed by atoms with Crippen LogP contribution in [0.4, 0.5) is 0 Å². The summed E-state index contributed by atoms with van der Waals surface area (Å²) < 4.78 is 1.36. The van der Waals surface area contributed by atoms with Crippen LogP contribution >= 0.6 is 22.7 Å². The molecule has 0 spiro atoms. The number of carbonyl (C=O) groups excluding carboxylic acids is 2. The van der Waals surface area contributed by atoms with Crippen LogP contribution in [0.25, 0.3) is 20.7 Å². The highest BCUT2D eigenvalue weighted by molar-refractivity contribution is 7.19. The highest BCUT2D eigenvalue weighted by Crippen LogP contribution is 2.34. The minimum absolute atomic E-state index is 0.0913. The minimum Gasteiger partial charge on any atom is -0.369 e. The zero-order valence-electron chi connectivity index (χ0n) is 15.4. The first-order valence-corrected chi connectivity index (χ1v) is 10.7. The maximum Gasteiger partial charge on any atom is 0.263 e. The van der Waals surface area contributed by atoms with Gasteiger partial charge >= 0.3 is 0 Å². The standard InChI is InChI=1S/C19H20N4O3S2/c1-11-4-5-14(28-11)13-9-27-18-16(13)19(26)23(10-21-18)8-15(24)22-6-2-3-12(7-22)17(20)25/h4-5,9-10,12H,2-3,6-8H2,1H3,(H2,20,25). The molecule has 1 fully saturated rings. The number of hydrogen-bond acceptors (Lipinski definition) is 6. The molecule has 1 atom stereocenters. The molecule has 4 rings (SSSR count). The lowest BCUT2D eigenvalue weighted by Gasteiger charge is -2.31. The van der Waals surface area contributed by atoms with Gasteiger partial charge in [-0.2, -0.15) is 0 Å². The molecule has 0 radical (unpaired) electrons. The number of rotatable bonds is 4. The third-order valence-electron chi connectivity index (χ3n) is 5.05. The number of thiophene rings is 2. The van der Waals surface area contributed by atoms with Gasteiger partial charge in [0.05, 0.1) is 17.6 Å². The van der Waals surface area contributed by atoms with Crippen molar-refractivity contribution in [3.63, 3.8) is 0 Å². The van der Waals surface area contributed by atoms with Gasteiger partial charge in [0.1, 0.15) is 11.4 Å². The molecular formula is C19H20N4O3S2. The Morgan fingerprint density at radius 1 is 1.36 bits per heavy atom. The number of nitrogens with zero attached hydrogens (tertiary/aromatic N) is 3. The summed E-state index contributed by atoms with van der Waals surface area (Å²) in [6, 6.07) is 4.02. The van der Waals surface area contributed by atoms with E-state index < -0.39 is 0 Å². The van der Waals surface area contributed by atoms with E-state index in [2.05, 4.69) is 4.98 Å². The van der Waals surface area contributed by atoms with Gasteiger partial charge < -0.3 is 10.6 Å². The Hall–Kier alpha value is -2.52. The van der Waals surface area contributed by atoms with Crippen LogP contribution in [0.15, 0.2) is 28.6 Å². The van der Waals surface area contributed by atoms with Gasteiger partial charge in [-0.15, -0.1) is 22.7 Å². The summed E-state index contributed by atoms with van der Waals surface area (Å²) in [5, 5.41) is 2.49. The van der Waals surface area contributed by atoms with E-state index in [4.69, 9.17) is 5.73 Å². The molecule has 0 aromatic carbocycles. The number of fused-ring (bicyclic) bond motifs is 1. The molecule has 2 amide bonds. The number of likely N-dealkylation sites (tertiary alicyclic amines) is 1. The van der Waals surface area contributed by atoms with Gasteiger partial charge in [-0.3, -0.25) is 19.0 Å². The molecule has 2 N–H and O–H groups in total. The lowest BCUT2D eigenvalue weighted by Crippen LogP contribution is -2.45. The number of amides is 2. The monoisotopic (exact) mass is 416 g/mol. The molecule has 0 saturated carbocycles. The molecule has 28 heavy (non-hydrogen) atoms. The molecule has 4 heterocycles. The van der Waals surface area contributed by atoms with Gasteiger partial charge in [0, 0.05) is 33.8 Å². The second kappa shape index (κ2) is 7.48. The van der Waals surface area contributed by atoms with Gasteiger partial charge in [0.25, 0.3) is 5.56 Å². The van der Waals surface area contributed by atoms with Crippen molar-refractivity contribution >= 4 is 44.7 Å². The van der Waals surface area contributed by atoms with E-state index in [9.17, 15) is 14.4 Å². The molecule has 9 heteroatoms. The van der Waals surface area contributed by atoms with Crippen molar-refractivity contribution < 1.29 is 9.59 Å². The normalized spacial score (nSPS) is 17.2. The van der Waals surface area contributed by atoms with Crippen molar-refractivity contribution in [2.45, 2.75) is 26.3 Å². The molecule has 1 aliphatic heterocycles. The first kappa shape index (κ1) is 18.8. The molecule has 1 saturated heterocycles. The Kier molecular flexibility index (Phi) is 5.03. The Bertz CT molecular complexity index is 1110. The molecule has 3 aromatic heterocycles. The zero-order valence-corrected chi connectivity index (χ0v) is 17.0. The maximum atomic E-state index is 13.1. The Morgan fingerprint density at radius 3 is 2.89 bits per heavy atom. The van der Waals surface area contributed by atoms with E-state index >= 15 is 0 Å². The summed E-state index contributed by atoms with van der Waals surface area (Å²) in [6.07, 6.45) is 2.86. The average molecular weight is 417 g/mol. The van der Waals surface area contributed by atoms with Crippen LogP contribution in [0, 0.1) is 12.8 Å². The lowest BCUT2D eigenvalue weighted by molar-refractivity contribution is -0.135. The smallest absolute Gasteiger partial charge is 0.263 e. The summed E-state index contributed by atoms with van der Waals surface area (Å²) in [4.78, 5) is 46.1. The van der Waals surface area contributed by atoms with Crippen LogP contribution in [-0.4, -0.2) is 39.4 Å². The van der Waals surface area contributed by atoms with Gasteiger partial charge in [0.15, 0.2) is 0 Å². The molecule has 7 nitrogen and oxygen atoms in total.